The number of hydrogen-bond acceptors (Lipinski definition) is 10. The molecular weight excluding hydrogens is 458 g/mol. The molecule has 0 saturated heterocycles. The van der Waals surface area contributed by atoms with Gasteiger partial charge in [0.05, 0.1) is 6.61 Å². The zero-order valence-electron chi connectivity index (χ0n) is 19.0. The molecule has 35 heavy (non-hydrogen) atoms. The third kappa shape index (κ3) is 6.47. The molecule has 0 bridgehead atoms. The standard InChI is InChI=1S/C22H29N7O6/c23-18-17-13(11-25-19(17)28-22(24)27-18)7-8-29(9-10-30)14-3-1-12(2-4-14)20(33)26-15(21(34)35)5-6-16(31)32/h1-4,13,15,30H,5-11H2,(H,26,33)(H,31,32)(H,34,35)(H5,23,24,25,27,28)/t13?,15-/m0/s1. The van der Waals surface area contributed by atoms with E-state index in [1.807, 2.05) is 4.90 Å². The van der Waals surface area contributed by atoms with Gasteiger partial charge in [0, 0.05) is 48.8 Å². The molecule has 1 aliphatic rings. The highest BCUT2D eigenvalue weighted by atomic mass is 16.4. The van der Waals surface area contributed by atoms with Crippen LogP contribution in [-0.4, -0.2) is 75.4 Å². The number of hydrogen-bond donors (Lipinski definition) is 7. The first-order valence-electron chi connectivity index (χ1n) is 11.1. The van der Waals surface area contributed by atoms with E-state index in [0.29, 0.717) is 37.7 Å². The van der Waals surface area contributed by atoms with Gasteiger partial charge in [0.2, 0.25) is 5.95 Å². The molecule has 1 aliphatic heterocycles. The van der Waals surface area contributed by atoms with Crippen molar-refractivity contribution in [3.05, 3.63) is 35.4 Å². The van der Waals surface area contributed by atoms with Crippen molar-refractivity contribution in [2.24, 2.45) is 0 Å². The highest BCUT2D eigenvalue weighted by Crippen LogP contribution is 2.36. The number of anilines is 4. The van der Waals surface area contributed by atoms with Crippen LogP contribution in [0.2, 0.25) is 0 Å². The average Bonchev–Trinajstić information content (AvgIpc) is 3.22. The van der Waals surface area contributed by atoms with Crippen molar-refractivity contribution in [2.75, 3.05) is 47.9 Å². The van der Waals surface area contributed by atoms with Crippen LogP contribution in [0.4, 0.5) is 23.3 Å². The molecule has 1 aromatic carbocycles. The maximum atomic E-state index is 12.5. The first kappa shape index (κ1) is 25.5. The fourth-order valence-electron chi connectivity index (χ4n) is 4.00. The van der Waals surface area contributed by atoms with E-state index in [0.717, 1.165) is 11.3 Å². The number of nitrogens with zero attached hydrogens (tertiary/aromatic N) is 3. The van der Waals surface area contributed by atoms with Gasteiger partial charge in [-0.05, 0) is 37.1 Å². The predicted molar refractivity (Wildman–Crippen MR) is 128 cm³/mol. The molecule has 0 spiro atoms. The normalized spacial score (nSPS) is 15.1. The van der Waals surface area contributed by atoms with Crippen molar-refractivity contribution in [3.63, 3.8) is 0 Å². The molecule has 188 valence electrons. The van der Waals surface area contributed by atoms with Gasteiger partial charge in [0.1, 0.15) is 17.7 Å². The van der Waals surface area contributed by atoms with Gasteiger partial charge in [-0.2, -0.15) is 9.97 Å². The van der Waals surface area contributed by atoms with Crippen molar-refractivity contribution < 1.29 is 29.7 Å². The van der Waals surface area contributed by atoms with Crippen LogP contribution in [0.15, 0.2) is 24.3 Å². The highest BCUT2D eigenvalue weighted by molar-refractivity contribution is 5.97. The van der Waals surface area contributed by atoms with E-state index in [-0.39, 0.29) is 36.9 Å². The molecule has 13 nitrogen and oxygen atoms in total. The smallest absolute Gasteiger partial charge is 0.326 e. The van der Waals surface area contributed by atoms with Gasteiger partial charge in [-0.3, -0.25) is 9.59 Å². The van der Waals surface area contributed by atoms with Crippen LogP contribution in [0.25, 0.3) is 0 Å². The maximum absolute atomic E-state index is 12.5. The number of carboxylic acids is 2. The number of aliphatic hydroxyl groups is 1. The van der Waals surface area contributed by atoms with Crippen LogP contribution < -0.4 is 27.0 Å². The summed E-state index contributed by atoms with van der Waals surface area (Å²) < 4.78 is 0. The number of carboxylic acid groups (broad SMARTS) is 2. The van der Waals surface area contributed by atoms with Gasteiger partial charge in [0.25, 0.3) is 5.91 Å². The highest BCUT2D eigenvalue weighted by Gasteiger charge is 2.28. The summed E-state index contributed by atoms with van der Waals surface area (Å²) in [5.74, 6) is -1.92. The minimum absolute atomic E-state index is 0.0654. The molecule has 13 heteroatoms. The van der Waals surface area contributed by atoms with E-state index in [2.05, 4.69) is 20.6 Å². The van der Waals surface area contributed by atoms with Gasteiger partial charge < -0.3 is 42.3 Å². The molecule has 2 heterocycles. The number of aromatic nitrogens is 2. The lowest BCUT2D eigenvalue weighted by Crippen LogP contribution is -2.41. The van der Waals surface area contributed by atoms with E-state index >= 15 is 0 Å². The van der Waals surface area contributed by atoms with E-state index in [4.69, 9.17) is 16.6 Å². The molecule has 1 aromatic heterocycles. The summed E-state index contributed by atoms with van der Waals surface area (Å²) in [5, 5.41) is 33.1. The topological polar surface area (TPSA) is 217 Å². The Morgan fingerprint density at radius 2 is 1.86 bits per heavy atom. The van der Waals surface area contributed by atoms with E-state index in [1.54, 1.807) is 24.3 Å². The molecule has 0 fully saturated rings. The first-order chi connectivity index (χ1) is 16.7. The largest absolute Gasteiger partial charge is 0.481 e. The number of fused-ring (bicyclic) bond motifs is 1. The number of aliphatic hydroxyl groups excluding tert-OH is 1. The van der Waals surface area contributed by atoms with E-state index in [9.17, 15) is 24.6 Å². The summed E-state index contributed by atoms with van der Waals surface area (Å²) in [6, 6.07) is 5.20. The van der Waals surface area contributed by atoms with E-state index < -0.39 is 23.9 Å². The molecule has 0 saturated carbocycles. The number of amides is 1. The number of aliphatic carboxylic acids is 2. The summed E-state index contributed by atoms with van der Waals surface area (Å²) >= 11 is 0. The lowest BCUT2D eigenvalue weighted by atomic mass is 9.99. The summed E-state index contributed by atoms with van der Waals surface area (Å²) in [5.41, 5.74) is 13.5. The van der Waals surface area contributed by atoms with Crippen molar-refractivity contribution in [2.45, 2.75) is 31.2 Å². The zero-order valence-corrected chi connectivity index (χ0v) is 19.0. The lowest BCUT2D eigenvalue weighted by Gasteiger charge is -2.26. The van der Waals surface area contributed by atoms with Crippen molar-refractivity contribution >= 4 is 41.1 Å². The number of rotatable bonds is 12. The molecule has 0 radical (unpaired) electrons. The second kappa shape index (κ2) is 11.3. The van der Waals surface area contributed by atoms with Crippen LogP contribution in [0, 0.1) is 0 Å². The second-order valence-corrected chi connectivity index (χ2v) is 8.15. The number of nitrogens with two attached hydrogens (primary N) is 2. The maximum Gasteiger partial charge on any atom is 0.326 e. The first-order valence-corrected chi connectivity index (χ1v) is 11.1. The van der Waals surface area contributed by atoms with Crippen LogP contribution in [-0.2, 0) is 9.59 Å². The van der Waals surface area contributed by atoms with Gasteiger partial charge >= 0.3 is 11.9 Å². The average molecular weight is 488 g/mol. The van der Waals surface area contributed by atoms with Crippen LogP contribution in [0.3, 0.4) is 0 Å². The van der Waals surface area contributed by atoms with Crippen LogP contribution in [0.5, 0.6) is 0 Å². The van der Waals surface area contributed by atoms with Crippen molar-refractivity contribution in [3.8, 4) is 0 Å². The minimum Gasteiger partial charge on any atom is -0.481 e. The van der Waals surface area contributed by atoms with Gasteiger partial charge in [-0.25, -0.2) is 4.79 Å². The number of carbonyl (C=O) groups is 3. The van der Waals surface area contributed by atoms with Gasteiger partial charge in [-0.1, -0.05) is 0 Å². The second-order valence-electron chi connectivity index (χ2n) is 8.15. The Morgan fingerprint density at radius 1 is 1.14 bits per heavy atom. The molecule has 2 aromatic rings. The quantitative estimate of drug-likeness (QED) is 0.212. The Labute approximate surface area is 201 Å². The fourth-order valence-corrected chi connectivity index (χ4v) is 4.00. The predicted octanol–water partition coefficient (Wildman–Crippen LogP) is 0.0869. The fraction of sp³-hybridized carbons (Fsp3) is 0.409. The minimum atomic E-state index is -1.31. The molecule has 2 atom stereocenters. The molecule has 1 unspecified atom stereocenters. The summed E-state index contributed by atoms with van der Waals surface area (Å²) in [6.07, 6.45) is 0.0993. The molecule has 1 amide bonds. The SMILES string of the molecule is Nc1nc(N)c2c(n1)NCC2CCN(CCO)c1ccc(C(=O)N[C@@H](CCC(=O)O)C(=O)O)cc1. The summed E-state index contributed by atoms with van der Waals surface area (Å²) in [4.78, 5) is 44.7. The Bertz CT molecular complexity index is 1080. The van der Waals surface area contributed by atoms with Crippen molar-refractivity contribution in [1.82, 2.24) is 15.3 Å². The van der Waals surface area contributed by atoms with Crippen LogP contribution >= 0.6 is 0 Å². The van der Waals surface area contributed by atoms with E-state index in [1.165, 1.54) is 0 Å². The molecule has 3 rings (SSSR count). The molecule has 9 N–H and O–H groups in total. The number of nitrogens with one attached hydrogen (secondary N) is 2. The monoisotopic (exact) mass is 487 g/mol. The molecule has 0 aliphatic carbocycles. The summed E-state index contributed by atoms with van der Waals surface area (Å²) in [6.45, 7) is 1.50. The Kier molecular flexibility index (Phi) is 8.25. The Balaban J connectivity index is 1.64. The Morgan fingerprint density at radius 3 is 2.49 bits per heavy atom. The van der Waals surface area contributed by atoms with Gasteiger partial charge in [0.15, 0.2) is 0 Å². The lowest BCUT2D eigenvalue weighted by molar-refractivity contribution is -0.140. The summed E-state index contributed by atoms with van der Waals surface area (Å²) in [7, 11) is 0. The third-order valence-corrected chi connectivity index (χ3v) is 5.78. The van der Waals surface area contributed by atoms with Crippen LogP contribution in [0.1, 0.15) is 41.1 Å². The molecular formula is C22H29N7O6. The number of benzene rings is 1. The van der Waals surface area contributed by atoms with Crippen molar-refractivity contribution in [1.29, 1.82) is 0 Å². The third-order valence-electron chi connectivity index (χ3n) is 5.78. The number of nitrogen functional groups attached to an aromatic ring is 2. The number of carbonyl (C=O) groups excluding carboxylic acids is 1. The zero-order chi connectivity index (χ0) is 25.5. The van der Waals surface area contributed by atoms with Gasteiger partial charge in [-0.15, -0.1) is 0 Å². The Hall–Kier alpha value is -4.13.